The van der Waals surface area contributed by atoms with Gasteiger partial charge in [0.2, 0.25) is 5.91 Å². The van der Waals surface area contributed by atoms with Gasteiger partial charge in [0, 0.05) is 13.0 Å². The van der Waals surface area contributed by atoms with E-state index in [4.69, 9.17) is 5.11 Å². The van der Waals surface area contributed by atoms with Gasteiger partial charge in [0.1, 0.15) is 0 Å². The number of carbonyl (C=O) groups is 1. The van der Waals surface area contributed by atoms with Crippen molar-refractivity contribution in [2.45, 2.75) is 45.1 Å². The van der Waals surface area contributed by atoms with Crippen LogP contribution in [0.3, 0.4) is 0 Å². The Morgan fingerprint density at radius 3 is 2.80 bits per heavy atom. The van der Waals surface area contributed by atoms with E-state index in [0.29, 0.717) is 18.9 Å². The molecule has 0 aromatic rings. The van der Waals surface area contributed by atoms with Crippen LogP contribution in [0.15, 0.2) is 0 Å². The molecule has 0 aromatic carbocycles. The molecule has 2 bridgehead atoms. The second-order valence-corrected chi connectivity index (χ2v) is 5.29. The summed E-state index contributed by atoms with van der Waals surface area (Å²) in [5.74, 6) is 2.46. The second kappa shape index (κ2) is 4.52. The van der Waals surface area contributed by atoms with Gasteiger partial charge in [-0.15, -0.1) is 0 Å². The maximum Gasteiger partial charge on any atom is 0.220 e. The van der Waals surface area contributed by atoms with Gasteiger partial charge >= 0.3 is 0 Å². The first-order valence-electron chi connectivity index (χ1n) is 6.10. The monoisotopic (exact) mass is 211 g/mol. The number of aliphatic hydroxyl groups is 1. The van der Waals surface area contributed by atoms with Crippen molar-refractivity contribution in [2.75, 3.05) is 6.54 Å². The van der Waals surface area contributed by atoms with Crippen molar-refractivity contribution < 1.29 is 9.90 Å². The highest BCUT2D eigenvalue weighted by Crippen LogP contribution is 2.49. The van der Waals surface area contributed by atoms with Gasteiger partial charge in [0.25, 0.3) is 0 Å². The van der Waals surface area contributed by atoms with Gasteiger partial charge in [-0.1, -0.05) is 6.42 Å². The van der Waals surface area contributed by atoms with Crippen molar-refractivity contribution in [3.05, 3.63) is 0 Å². The highest BCUT2D eigenvalue weighted by atomic mass is 16.3. The van der Waals surface area contributed by atoms with Gasteiger partial charge < -0.3 is 10.4 Å². The Balaban J connectivity index is 1.71. The van der Waals surface area contributed by atoms with Crippen molar-refractivity contribution >= 4 is 5.91 Å². The summed E-state index contributed by atoms with van der Waals surface area (Å²) in [5, 5.41) is 11.8. The number of rotatable bonds is 4. The molecule has 86 valence electrons. The summed E-state index contributed by atoms with van der Waals surface area (Å²) < 4.78 is 0. The van der Waals surface area contributed by atoms with Crippen LogP contribution < -0.4 is 5.32 Å². The molecule has 2 aliphatic carbocycles. The third-order valence-corrected chi connectivity index (χ3v) is 3.93. The predicted molar refractivity (Wildman–Crippen MR) is 58.2 cm³/mol. The summed E-state index contributed by atoms with van der Waals surface area (Å²) in [6.07, 6.45) is 5.57. The Labute approximate surface area is 91.2 Å². The molecule has 4 unspecified atom stereocenters. The van der Waals surface area contributed by atoms with E-state index in [1.807, 2.05) is 0 Å². The van der Waals surface area contributed by atoms with E-state index in [2.05, 4.69) is 5.32 Å². The normalized spacial score (nSPS) is 35.5. The quantitative estimate of drug-likeness (QED) is 0.736. The summed E-state index contributed by atoms with van der Waals surface area (Å²) in [7, 11) is 0. The first-order chi connectivity index (χ1) is 7.15. The van der Waals surface area contributed by atoms with Crippen LogP contribution in [-0.2, 0) is 4.79 Å². The number of carbonyl (C=O) groups excluding carboxylic acids is 1. The van der Waals surface area contributed by atoms with Crippen LogP contribution in [0, 0.1) is 17.8 Å². The molecule has 3 nitrogen and oxygen atoms in total. The van der Waals surface area contributed by atoms with E-state index in [9.17, 15) is 4.79 Å². The number of aliphatic hydroxyl groups excluding tert-OH is 1. The highest BCUT2D eigenvalue weighted by molar-refractivity contribution is 5.76. The molecule has 0 aromatic heterocycles. The number of nitrogens with one attached hydrogen (secondary N) is 1. The lowest BCUT2D eigenvalue weighted by molar-refractivity contribution is -0.122. The third-order valence-electron chi connectivity index (χ3n) is 3.93. The van der Waals surface area contributed by atoms with Crippen LogP contribution >= 0.6 is 0 Å². The minimum atomic E-state index is -0.436. The first-order valence-corrected chi connectivity index (χ1v) is 6.10. The molecule has 3 heteroatoms. The molecule has 0 heterocycles. The molecule has 4 atom stereocenters. The van der Waals surface area contributed by atoms with Gasteiger partial charge in [-0.05, 0) is 43.9 Å². The summed E-state index contributed by atoms with van der Waals surface area (Å²) >= 11 is 0. The van der Waals surface area contributed by atoms with Crippen LogP contribution in [0.5, 0.6) is 0 Å². The zero-order valence-corrected chi connectivity index (χ0v) is 9.41. The van der Waals surface area contributed by atoms with Crippen LogP contribution in [0.2, 0.25) is 0 Å². The summed E-state index contributed by atoms with van der Waals surface area (Å²) in [6, 6.07) is 0. The summed E-state index contributed by atoms with van der Waals surface area (Å²) in [4.78, 5) is 11.6. The lowest BCUT2D eigenvalue weighted by Crippen LogP contribution is -2.32. The topological polar surface area (TPSA) is 49.3 Å². The van der Waals surface area contributed by atoms with E-state index in [0.717, 1.165) is 11.8 Å². The Morgan fingerprint density at radius 2 is 2.27 bits per heavy atom. The van der Waals surface area contributed by atoms with Crippen LogP contribution in [0.1, 0.15) is 39.0 Å². The lowest BCUT2D eigenvalue weighted by atomic mass is 9.86. The van der Waals surface area contributed by atoms with Gasteiger partial charge in [0.05, 0.1) is 6.10 Å². The smallest absolute Gasteiger partial charge is 0.220 e. The van der Waals surface area contributed by atoms with Crippen molar-refractivity contribution in [3.63, 3.8) is 0 Å². The summed E-state index contributed by atoms with van der Waals surface area (Å²) in [5.41, 5.74) is 0. The van der Waals surface area contributed by atoms with Gasteiger partial charge in [0.15, 0.2) is 0 Å². The molecule has 2 aliphatic rings. The van der Waals surface area contributed by atoms with E-state index < -0.39 is 6.10 Å². The molecule has 2 saturated carbocycles. The standard InChI is InChI=1S/C12H21NO2/c1-8(14)7-13-12(15)6-11-5-9-2-3-10(11)4-9/h8-11,14H,2-7H2,1H3,(H,13,15). The molecule has 15 heavy (non-hydrogen) atoms. The van der Waals surface area contributed by atoms with Crippen LogP contribution in [0.4, 0.5) is 0 Å². The largest absolute Gasteiger partial charge is 0.392 e. The molecular weight excluding hydrogens is 190 g/mol. The molecule has 1 amide bonds. The third kappa shape index (κ3) is 2.71. The average Bonchev–Trinajstić information content (AvgIpc) is 2.76. The molecular formula is C12H21NO2. The molecule has 0 saturated heterocycles. The van der Waals surface area contributed by atoms with Crippen molar-refractivity contribution in [2.24, 2.45) is 17.8 Å². The Morgan fingerprint density at radius 1 is 1.47 bits per heavy atom. The number of hydrogen-bond donors (Lipinski definition) is 2. The van der Waals surface area contributed by atoms with Gasteiger partial charge in [-0.2, -0.15) is 0 Å². The maximum atomic E-state index is 11.6. The van der Waals surface area contributed by atoms with Gasteiger partial charge in [-0.25, -0.2) is 0 Å². The maximum absolute atomic E-state index is 11.6. The second-order valence-electron chi connectivity index (χ2n) is 5.29. The highest BCUT2D eigenvalue weighted by Gasteiger charge is 2.39. The van der Waals surface area contributed by atoms with Crippen molar-refractivity contribution in [1.82, 2.24) is 5.32 Å². The Hall–Kier alpha value is -0.570. The van der Waals surface area contributed by atoms with E-state index in [-0.39, 0.29) is 5.91 Å². The number of fused-ring (bicyclic) bond motifs is 2. The minimum Gasteiger partial charge on any atom is -0.392 e. The minimum absolute atomic E-state index is 0.119. The first kappa shape index (κ1) is 10.9. The fourth-order valence-electron chi connectivity index (χ4n) is 3.20. The molecule has 0 spiro atoms. The molecule has 2 N–H and O–H groups in total. The number of hydrogen-bond acceptors (Lipinski definition) is 2. The zero-order chi connectivity index (χ0) is 10.8. The molecule has 0 radical (unpaired) electrons. The van der Waals surface area contributed by atoms with Crippen molar-refractivity contribution in [3.8, 4) is 0 Å². The van der Waals surface area contributed by atoms with E-state index in [1.165, 1.54) is 25.7 Å². The zero-order valence-electron chi connectivity index (χ0n) is 9.41. The fourth-order valence-corrected chi connectivity index (χ4v) is 3.20. The average molecular weight is 211 g/mol. The van der Waals surface area contributed by atoms with Crippen LogP contribution in [-0.4, -0.2) is 23.7 Å². The van der Waals surface area contributed by atoms with Crippen LogP contribution in [0.25, 0.3) is 0 Å². The van der Waals surface area contributed by atoms with E-state index in [1.54, 1.807) is 6.92 Å². The SMILES string of the molecule is CC(O)CNC(=O)CC1CC2CCC1C2. The number of amides is 1. The molecule has 0 aliphatic heterocycles. The predicted octanol–water partition coefficient (Wildman–Crippen LogP) is 1.31. The Kier molecular flexibility index (Phi) is 3.29. The summed E-state index contributed by atoms with van der Waals surface area (Å²) in [6.45, 7) is 2.08. The Bertz CT molecular complexity index is 240. The van der Waals surface area contributed by atoms with Gasteiger partial charge in [-0.3, -0.25) is 4.79 Å². The molecule has 2 fully saturated rings. The lowest BCUT2D eigenvalue weighted by Gasteiger charge is -2.21. The van der Waals surface area contributed by atoms with Crippen molar-refractivity contribution in [1.29, 1.82) is 0 Å². The molecule has 2 rings (SSSR count). The van der Waals surface area contributed by atoms with E-state index >= 15 is 0 Å². The fraction of sp³-hybridized carbons (Fsp3) is 0.917.